The van der Waals surface area contributed by atoms with Gasteiger partial charge in [0.15, 0.2) is 5.96 Å². The minimum absolute atomic E-state index is 0.377. The molecule has 24 heavy (non-hydrogen) atoms. The normalized spacial score (nSPS) is 13.0. The molecule has 1 aromatic heterocycles. The topological polar surface area (TPSA) is 58.3 Å². The predicted molar refractivity (Wildman–Crippen MR) is 98.0 cm³/mol. The van der Waals surface area contributed by atoms with Crippen molar-refractivity contribution in [3.8, 4) is 0 Å². The monoisotopic (exact) mass is 328 g/mol. The molecule has 0 bridgehead atoms. The van der Waals surface area contributed by atoms with Crippen molar-refractivity contribution in [1.82, 2.24) is 25.0 Å². The summed E-state index contributed by atoms with van der Waals surface area (Å²) >= 11 is 0. The molecule has 0 radical (unpaired) electrons. The standard InChI is InChI=1S/C18H28N6/c1-6-19-18(23(4)12-17-21-13-22-24(17)5)20-11-15(3)16-9-7-8-14(2)10-16/h7-10,13,15H,6,11-12H2,1-5H3,(H,19,20). The van der Waals surface area contributed by atoms with Gasteiger partial charge >= 0.3 is 0 Å². The van der Waals surface area contributed by atoms with Gasteiger partial charge in [0.2, 0.25) is 0 Å². The molecule has 1 N–H and O–H groups in total. The van der Waals surface area contributed by atoms with Crippen molar-refractivity contribution in [1.29, 1.82) is 0 Å². The van der Waals surface area contributed by atoms with Crippen LogP contribution in [-0.2, 0) is 13.6 Å². The van der Waals surface area contributed by atoms with Crippen molar-refractivity contribution < 1.29 is 0 Å². The van der Waals surface area contributed by atoms with E-state index in [-0.39, 0.29) is 0 Å². The first-order valence-electron chi connectivity index (χ1n) is 8.40. The molecule has 2 rings (SSSR count). The van der Waals surface area contributed by atoms with Gasteiger partial charge in [0.25, 0.3) is 0 Å². The number of aromatic nitrogens is 3. The Labute approximate surface area is 144 Å². The molecular formula is C18H28N6. The molecule has 0 aliphatic heterocycles. The minimum atomic E-state index is 0.377. The van der Waals surface area contributed by atoms with Crippen molar-refractivity contribution in [2.45, 2.75) is 33.2 Å². The molecule has 6 heteroatoms. The van der Waals surface area contributed by atoms with E-state index < -0.39 is 0 Å². The average Bonchev–Trinajstić information content (AvgIpc) is 2.96. The number of hydrogen-bond donors (Lipinski definition) is 1. The zero-order valence-corrected chi connectivity index (χ0v) is 15.3. The summed E-state index contributed by atoms with van der Waals surface area (Å²) in [6, 6.07) is 8.63. The first-order valence-corrected chi connectivity index (χ1v) is 8.40. The highest BCUT2D eigenvalue weighted by Gasteiger charge is 2.11. The second-order valence-electron chi connectivity index (χ2n) is 6.17. The van der Waals surface area contributed by atoms with E-state index in [2.05, 4.69) is 65.3 Å². The molecule has 1 unspecified atom stereocenters. The second kappa shape index (κ2) is 8.47. The van der Waals surface area contributed by atoms with Gasteiger partial charge in [-0.1, -0.05) is 36.8 Å². The zero-order chi connectivity index (χ0) is 17.5. The van der Waals surface area contributed by atoms with Gasteiger partial charge in [-0.05, 0) is 19.4 Å². The fourth-order valence-electron chi connectivity index (χ4n) is 2.53. The smallest absolute Gasteiger partial charge is 0.194 e. The van der Waals surface area contributed by atoms with Crippen LogP contribution in [0.5, 0.6) is 0 Å². The van der Waals surface area contributed by atoms with Crippen molar-refractivity contribution in [3.63, 3.8) is 0 Å². The number of aliphatic imine (C=N–C) groups is 1. The van der Waals surface area contributed by atoms with Crippen LogP contribution in [-0.4, -0.2) is 45.8 Å². The van der Waals surface area contributed by atoms with Crippen LogP contribution in [0.1, 0.15) is 36.7 Å². The number of nitrogens with one attached hydrogen (secondary N) is 1. The summed E-state index contributed by atoms with van der Waals surface area (Å²) in [5.41, 5.74) is 2.61. The van der Waals surface area contributed by atoms with Gasteiger partial charge < -0.3 is 10.2 Å². The van der Waals surface area contributed by atoms with E-state index in [0.29, 0.717) is 12.5 Å². The Morgan fingerprint density at radius 1 is 1.42 bits per heavy atom. The molecule has 0 aliphatic carbocycles. The molecule has 6 nitrogen and oxygen atoms in total. The molecule has 0 saturated carbocycles. The highest BCUT2D eigenvalue weighted by atomic mass is 15.4. The van der Waals surface area contributed by atoms with E-state index in [1.165, 1.54) is 11.1 Å². The number of guanidine groups is 1. The Balaban J connectivity index is 2.05. The maximum absolute atomic E-state index is 4.80. The van der Waals surface area contributed by atoms with E-state index in [9.17, 15) is 0 Å². The number of rotatable bonds is 6. The molecule has 1 atom stereocenters. The van der Waals surface area contributed by atoms with Crippen LogP contribution in [0.4, 0.5) is 0 Å². The molecular weight excluding hydrogens is 300 g/mol. The van der Waals surface area contributed by atoms with Gasteiger partial charge in [-0.2, -0.15) is 5.10 Å². The minimum Gasteiger partial charge on any atom is -0.357 e. The van der Waals surface area contributed by atoms with Crippen LogP contribution in [0.15, 0.2) is 35.6 Å². The number of aryl methyl sites for hydroxylation is 2. The van der Waals surface area contributed by atoms with Crippen LogP contribution >= 0.6 is 0 Å². The van der Waals surface area contributed by atoms with Gasteiger partial charge in [-0.3, -0.25) is 9.67 Å². The van der Waals surface area contributed by atoms with Crippen molar-refractivity contribution in [3.05, 3.63) is 47.5 Å². The third-order valence-electron chi connectivity index (χ3n) is 4.01. The maximum Gasteiger partial charge on any atom is 0.194 e. The lowest BCUT2D eigenvalue weighted by atomic mass is 10.00. The summed E-state index contributed by atoms with van der Waals surface area (Å²) in [7, 11) is 3.92. The van der Waals surface area contributed by atoms with Crippen LogP contribution < -0.4 is 5.32 Å². The summed E-state index contributed by atoms with van der Waals surface area (Å²) in [6.45, 7) is 8.66. The van der Waals surface area contributed by atoms with Gasteiger partial charge in [-0.15, -0.1) is 0 Å². The Kier molecular flexibility index (Phi) is 6.35. The van der Waals surface area contributed by atoms with Gasteiger partial charge in [0.1, 0.15) is 12.2 Å². The Bertz CT molecular complexity index is 676. The fourth-order valence-corrected chi connectivity index (χ4v) is 2.53. The molecule has 1 heterocycles. The van der Waals surface area contributed by atoms with Crippen LogP contribution in [0.2, 0.25) is 0 Å². The zero-order valence-electron chi connectivity index (χ0n) is 15.3. The van der Waals surface area contributed by atoms with Crippen LogP contribution in [0.3, 0.4) is 0 Å². The molecule has 0 spiro atoms. The SMILES string of the molecule is CCNC(=NCC(C)c1cccc(C)c1)N(C)Cc1ncnn1C. The van der Waals surface area contributed by atoms with E-state index in [1.807, 2.05) is 14.1 Å². The lowest BCUT2D eigenvalue weighted by molar-refractivity contribution is 0.448. The predicted octanol–water partition coefficient (Wildman–Crippen LogP) is 2.32. The van der Waals surface area contributed by atoms with E-state index in [0.717, 1.165) is 24.9 Å². The first-order chi connectivity index (χ1) is 11.5. The fraction of sp³-hybridized carbons (Fsp3) is 0.500. The summed E-state index contributed by atoms with van der Waals surface area (Å²) < 4.78 is 1.79. The quantitative estimate of drug-likeness (QED) is 0.653. The largest absolute Gasteiger partial charge is 0.357 e. The van der Waals surface area contributed by atoms with Crippen molar-refractivity contribution >= 4 is 5.96 Å². The molecule has 130 valence electrons. The molecule has 0 fully saturated rings. The first kappa shape index (κ1) is 18.0. The lowest BCUT2D eigenvalue weighted by Crippen LogP contribution is -2.39. The molecule has 2 aromatic rings. The third-order valence-corrected chi connectivity index (χ3v) is 4.01. The number of nitrogens with zero attached hydrogens (tertiary/aromatic N) is 5. The second-order valence-corrected chi connectivity index (χ2v) is 6.17. The van der Waals surface area contributed by atoms with Gasteiger partial charge in [0.05, 0.1) is 6.54 Å². The summed E-state index contributed by atoms with van der Waals surface area (Å²) in [4.78, 5) is 11.2. The Morgan fingerprint density at radius 3 is 2.83 bits per heavy atom. The number of hydrogen-bond acceptors (Lipinski definition) is 3. The third kappa shape index (κ3) is 4.81. The Morgan fingerprint density at radius 2 is 2.21 bits per heavy atom. The molecule has 1 aromatic carbocycles. The van der Waals surface area contributed by atoms with Crippen LogP contribution in [0.25, 0.3) is 0 Å². The number of benzene rings is 1. The van der Waals surface area contributed by atoms with E-state index in [1.54, 1.807) is 11.0 Å². The summed E-state index contributed by atoms with van der Waals surface area (Å²) in [6.07, 6.45) is 1.58. The van der Waals surface area contributed by atoms with Gasteiger partial charge in [-0.25, -0.2) is 4.98 Å². The van der Waals surface area contributed by atoms with Crippen LogP contribution in [0, 0.1) is 6.92 Å². The average molecular weight is 328 g/mol. The van der Waals surface area contributed by atoms with E-state index >= 15 is 0 Å². The molecule has 0 saturated heterocycles. The summed E-state index contributed by atoms with van der Waals surface area (Å²) in [5, 5.41) is 7.47. The van der Waals surface area contributed by atoms with Crippen molar-refractivity contribution in [2.75, 3.05) is 20.1 Å². The Hall–Kier alpha value is -2.37. The van der Waals surface area contributed by atoms with Crippen molar-refractivity contribution in [2.24, 2.45) is 12.0 Å². The highest BCUT2D eigenvalue weighted by Crippen LogP contribution is 2.16. The maximum atomic E-state index is 4.80. The van der Waals surface area contributed by atoms with E-state index in [4.69, 9.17) is 4.99 Å². The van der Waals surface area contributed by atoms with Gasteiger partial charge in [0, 0.05) is 33.1 Å². The molecule has 0 amide bonds. The summed E-state index contributed by atoms with van der Waals surface area (Å²) in [5.74, 6) is 2.18. The lowest BCUT2D eigenvalue weighted by Gasteiger charge is -2.22. The highest BCUT2D eigenvalue weighted by molar-refractivity contribution is 5.79. The molecule has 0 aliphatic rings.